The molecule has 1 aromatic heterocycles. The number of carboxylic acids is 1. The van der Waals surface area contributed by atoms with Crippen LogP contribution in [-0.4, -0.2) is 73.7 Å². The Morgan fingerprint density at radius 3 is 2.42 bits per heavy atom. The van der Waals surface area contributed by atoms with E-state index in [9.17, 15) is 32.7 Å². The van der Waals surface area contributed by atoms with E-state index in [1.54, 1.807) is 48.7 Å². The van der Waals surface area contributed by atoms with Crippen LogP contribution in [0.15, 0.2) is 107 Å². The fourth-order valence-corrected chi connectivity index (χ4v) is 8.72. The number of aryl methyl sites for hydroxylation is 1. The van der Waals surface area contributed by atoms with Crippen molar-refractivity contribution < 1.29 is 42.1 Å². The van der Waals surface area contributed by atoms with E-state index in [-0.39, 0.29) is 42.5 Å². The monoisotopic (exact) mass is 838 g/mol. The molecule has 4 aromatic carbocycles. The molecule has 15 heteroatoms. The second-order valence-electron chi connectivity index (χ2n) is 15.0. The first kappa shape index (κ1) is 43.4. The summed E-state index contributed by atoms with van der Waals surface area (Å²) >= 11 is 0. The Balaban J connectivity index is 1.15. The van der Waals surface area contributed by atoms with Crippen LogP contribution < -0.4 is 16.2 Å². The molecular formula is C45H50N4O10S. The number of carboxylic acid groups (broad SMARTS) is 1. The number of unbranched alkanes of at least 4 members (excludes halogenated alkanes) is 1. The quantitative estimate of drug-likeness (QED) is 0.0590. The predicted molar refractivity (Wildman–Crippen MR) is 228 cm³/mol. The fraction of sp³-hybridized carbons (Fsp3) is 0.333. The molecule has 1 unspecified atom stereocenters. The molecule has 0 spiro atoms. The number of aliphatic carboxylic acids is 1. The van der Waals surface area contributed by atoms with Gasteiger partial charge >= 0.3 is 18.2 Å². The van der Waals surface area contributed by atoms with Gasteiger partial charge in [0.1, 0.15) is 13.2 Å². The molecule has 2 amide bonds. The largest absolute Gasteiger partial charge is 0.479 e. The first-order valence-corrected chi connectivity index (χ1v) is 21.4. The molecule has 0 saturated heterocycles. The summed E-state index contributed by atoms with van der Waals surface area (Å²) in [5.41, 5.74) is 3.62. The standard InChI is InChI=1S/C45H50N4O10S/c1-4-5-21-57-27-34(38-17-12-32(22-29(38)2)41(43(51)52)47-36-13-11-31-19-20-46-42(50)39(31)24-36)28-58-44(53)48-35-14-18-40(60(55,56)37-15-16-37)33(23-35)25-49(3)45(54)59-26-30-9-7-6-8-10-30/h6-14,17-20,22-24,34,37,41,47H,4-5,15-16,21,25-28H2,1-3H3,(H,46,50)(H,48,53)(H,51,52)/t34-,41?/m0/s1. The fourth-order valence-electron chi connectivity index (χ4n) is 6.86. The van der Waals surface area contributed by atoms with Crippen LogP contribution in [-0.2, 0) is 42.0 Å². The molecule has 2 atom stereocenters. The minimum Gasteiger partial charge on any atom is -0.479 e. The Morgan fingerprint density at radius 2 is 1.70 bits per heavy atom. The van der Waals surface area contributed by atoms with E-state index in [2.05, 4.69) is 22.5 Å². The van der Waals surface area contributed by atoms with Gasteiger partial charge in [-0.3, -0.25) is 10.1 Å². The smallest absolute Gasteiger partial charge is 0.411 e. The number of aromatic nitrogens is 1. The van der Waals surface area contributed by atoms with Gasteiger partial charge in [-0.1, -0.05) is 67.9 Å². The van der Waals surface area contributed by atoms with Gasteiger partial charge in [0.05, 0.1) is 23.3 Å². The zero-order valence-electron chi connectivity index (χ0n) is 33.8. The lowest BCUT2D eigenvalue weighted by atomic mass is 9.92. The summed E-state index contributed by atoms with van der Waals surface area (Å²) in [7, 11) is -2.15. The number of fused-ring (bicyclic) bond motifs is 1. The Bertz CT molecular complexity index is 2490. The molecule has 1 aliphatic rings. The van der Waals surface area contributed by atoms with E-state index in [4.69, 9.17) is 14.2 Å². The second kappa shape index (κ2) is 19.7. The maximum atomic E-state index is 13.4. The lowest BCUT2D eigenvalue weighted by Gasteiger charge is -2.22. The van der Waals surface area contributed by atoms with Gasteiger partial charge in [-0.15, -0.1) is 0 Å². The van der Waals surface area contributed by atoms with E-state index < -0.39 is 45.2 Å². The first-order valence-electron chi connectivity index (χ1n) is 19.9. The number of ether oxygens (including phenoxy) is 3. The van der Waals surface area contributed by atoms with Crippen molar-refractivity contribution in [2.45, 2.75) is 74.8 Å². The highest BCUT2D eigenvalue weighted by molar-refractivity contribution is 7.92. The lowest BCUT2D eigenvalue weighted by molar-refractivity contribution is -0.138. The van der Waals surface area contributed by atoms with E-state index in [0.717, 1.165) is 34.9 Å². The molecule has 1 fully saturated rings. The van der Waals surface area contributed by atoms with Gasteiger partial charge in [0.2, 0.25) is 0 Å². The number of nitrogens with one attached hydrogen (secondary N) is 3. The number of hydrogen-bond acceptors (Lipinski definition) is 10. The van der Waals surface area contributed by atoms with Crippen LogP contribution in [0.25, 0.3) is 10.8 Å². The normalized spacial score (nSPS) is 13.6. The molecule has 316 valence electrons. The topological polar surface area (TPSA) is 193 Å². The van der Waals surface area contributed by atoms with Crippen molar-refractivity contribution in [3.8, 4) is 0 Å². The molecule has 14 nitrogen and oxygen atoms in total. The number of hydrogen-bond donors (Lipinski definition) is 4. The molecule has 0 bridgehead atoms. The highest BCUT2D eigenvalue weighted by atomic mass is 32.2. The Hall–Kier alpha value is -6.19. The van der Waals surface area contributed by atoms with Crippen LogP contribution in [0.2, 0.25) is 0 Å². The zero-order chi connectivity index (χ0) is 42.8. The highest BCUT2D eigenvalue weighted by Crippen LogP contribution is 2.36. The van der Waals surface area contributed by atoms with Gasteiger partial charge in [-0.2, -0.15) is 0 Å². The van der Waals surface area contributed by atoms with Crippen molar-refractivity contribution in [1.82, 2.24) is 9.88 Å². The van der Waals surface area contributed by atoms with Crippen molar-refractivity contribution in [3.05, 3.63) is 135 Å². The number of anilines is 2. The van der Waals surface area contributed by atoms with Crippen molar-refractivity contribution >= 4 is 50.1 Å². The predicted octanol–water partition coefficient (Wildman–Crippen LogP) is 7.93. The summed E-state index contributed by atoms with van der Waals surface area (Å²) in [5.74, 6) is -1.53. The molecule has 6 rings (SSSR count). The van der Waals surface area contributed by atoms with Crippen LogP contribution in [0, 0.1) is 6.92 Å². The second-order valence-corrected chi connectivity index (χ2v) is 17.1. The van der Waals surface area contributed by atoms with Gasteiger partial charge in [0, 0.05) is 42.5 Å². The number of aromatic amines is 1. The molecular weight excluding hydrogens is 789 g/mol. The van der Waals surface area contributed by atoms with Crippen LogP contribution in [0.3, 0.4) is 0 Å². The summed E-state index contributed by atoms with van der Waals surface area (Å²) in [6.45, 7) is 4.50. The third-order valence-electron chi connectivity index (χ3n) is 10.3. The molecule has 4 N–H and O–H groups in total. The maximum Gasteiger partial charge on any atom is 0.411 e. The number of amides is 2. The lowest BCUT2D eigenvalue weighted by Crippen LogP contribution is -2.28. The van der Waals surface area contributed by atoms with Gasteiger partial charge in [-0.25, -0.2) is 22.8 Å². The summed E-state index contributed by atoms with van der Waals surface area (Å²) in [6.07, 6.45) is 3.01. The van der Waals surface area contributed by atoms with Crippen molar-refractivity contribution in [3.63, 3.8) is 0 Å². The number of H-pyrrole nitrogens is 1. The summed E-state index contributed by atoms with van der Waals surface area (Å²) in [5, 5.41) is 16.6. The average Bonchev–Trinajstić information content (AvgIpc) is 4.09. The Labute approximate surface area is 348 Å². The summed E-state index contributed by atoms with van der Waals surface area (Å²) < 4.78 is 44.0. The summed E-state index contributed by atoms with van der Waals surface area (Å²) in [4.78, 5) is 55.1. The number of rotatable bonds is 19. The molecule has 1 aliphatic carbocycles. The van der Waals surface area contributed by atoms with Gasteiger partial charge in [0.15, 0.2) is 15.9 Å². The summed E-state index contributed by atoms with van der Waals surface area (Å²) in [6, 6.07) is 24.6. The van der Waals surface area contributed by atoms with Gasteiger partial charge < -0.3 is 34.5 Å². The van der Waals surface area contributed by atoms with Crippen LogP contribution >= 0.6 is 0 Å². The molecule has 5 aromatic rings. The van der Waals surface area contributed by atoms with E-state index >= 15 is 0 Å². The van der Waals surface area contributed by atoms with Gasteiger partial charge in [-0.05, 0) is 95.8 Å². The van der Waals surface area contributed by atoms with Crippen molar-refractivity contribution in [1.29, 1.82) is 0 Å². The third-order valence-corrected chi connectivity index (χ3v) is 12.6. The Morgan fingerprint density at radius 1 is 0.933 bits per heavy atom. The number of pyridine rings is 1. The zero-order valence-corrected chi connectivity index (χ0v) is 34.6. The average molecular weight is 839 g/mol. The van der Waals surface area contributed by atoms with Crippen LogP contribution in [0.5, 0.6) is 0 Å². The minimum atomic E-state index is -3.66. The van der Waals surface area contributed by atoms with E-state index in [1.165, 1.54) is 30.1 Å². The number of carbonyl (C=O) groups excluding carboxylic acids is 2. The molecule has 0 aliphatic heterocycles. The van der Waals surface area contributed by atoms with Crippen molar-refractivity contribution in [2.75, 3.05) is 37.5 Å². The molecule has 1 saturated carbocycles. The van der Waals surface area contributed by atoms with Crippen molar-refractivity contribution in [2.24, 2.45) is 0 Å². The molecule has 0 radical (unpaired) electrons. The van der Waals surface area contributed by atoms with E-state index in [1.807, 2.05) is 37.3 Å². The van der Waals surface area contributed by atoms with Crippen LogP contribution in [0.1, 0.15) is 72.4 Å². The SMILES string of the molecule is CCCCOC[C@@H](COC(=O)Nc1ccc(S(=O)(=O)C2CC2)c(CN(C)C(=O)OCc2ccccc2)c1)c1ccc(C(Nc2ccc3cc[nH]c(=O)c3c2)C(=O)O)cc1C. The third kappa shape index (κ3) is 11.1. The highest BCUT2D eigenvalue weighted by Gasteiger charge is 2.38. The molecule has 1 heterocycles. The maximum absolute atomic E-state index is 13.4. The number of benzene rings is 4. The minimum absolute atomic E-state index is 0.0509. The van der Waals surface area contributed by atoms with Gasteiger partial charge in [0.25, 0.3) is 5.56 Å². The number of sulfone groups is 1. The number of carbonyl (C=O) groups is 3. The molecule has 60 heavy (non-hydrogen) atoms. The van der Waals surface area contributed by atoms with E-state index in [0.29, 0.717) is 41.6 Å². The first-order chi connectivity index (χ1) is 28.8. The van der Waals surface area contributed by atoms with Crippen LogP contribution in [0.4, 0.5) is 21.0 Å². The Kier molecular flexibility index (Phi) is 14.3. The number of nitrogens with zero attached hydrogens (tertiary/aromatic N) is 1.